The first-order valence-electron chi connectivity index (χ1n) is 5.16. The van der Waals surface area contributed by atoms with Crippen molar-refractivity contribution in [2.45, 2.75) is 31.2 Å². The van der Waals surface area contributed by atoms with Crippen LogP contribution in [-0.2, 0) is 5.88 Å². The van der Waals surface area contributed by atoms with Gasteiger partial charge < -0.3 is 4.90 Å². The largest absolute Gasteiger partial charge is 0.357 e. The molecule has 1 fully saturated rings. The Morgan fingerprint density at radius 1 is 1.47 bits per heavy atom. The van der Waals surface area contributed by atoms with Crippen molar-refractivity contribution in [1.82, 2.24) is 4.98 Å². The number of alkyl halides is 1. The van der Waals surface area contributed by atoms with E-state index in [0.717, 1.165) is 11.5 Å². The van der Waals surface area contributed by atoms with Crippen molar-refractivity contribution in [2.75, 3.05) is 11.9 Å². The standard InChI is InChI=1S/C11H14Cl2N2/c1-15(8-3-2-4-8)11-6-5-9(13)10(7-12)14-11/h5-6,8H,2-4,7H2,1H3. The molecule has 1 aliphatic rings. The van der Waals surface area contributed by atoms with Gasteiger partial charge in [-0.1, -0.05) is 11.6 Å². The number of halogens is 2. The van der Waals surface area contributed by atoms with Crippen molar-refractivity contribution < 1.29 is 0 Å². The van der Waals surface area contributed by atoms with Crippen LogP contribution in [0.25, 0.3) is 0 Å². The summed E-state index contributed by atoms with van der Waals surface area (Å²) in [6.45, 7) is 0. The highest BCUT2D eigenvalue weighted by atomic mass is 35.5. The normalized spacial score (nSPS) is 16.2. The van der Waals surface area contributed by atoms with E-state index in [-0.39, 0.29) is 0 Å². The number of rotatable bonds is 3. The van der Waals surface area contributed by atoms with Crippen molar-refractivity contribution in [2.24, 2.45) is 0 Å². The highest BCUT2D eigenvalue weighted by molar-refractivity contribution is 6.32. The van der Waals surface area contributed by atoms with Crippen LogP contribution in [0.15, 0.2) is 12.1 Å². The van der Waals surface area contributed by atoms with E-state index in [1.54, 1.807) is 0 Å². The molecule has 0 amide bonds. The first kappa shape index (κ1) is 11.0. The molecule has 0 saturated heterocycles. The Morgan fingerprint density at radius 3 is 2.73 bits per heavy atom. The molecule has 0 N–H and O–H groups in total. The molecule has 2 nitrogen and oxygen atoms in total. The van der Waals surface area contributed by atoms with E-state index in [1.807, 2.05) is 12.1 Å². The van der Waals surface area contributed by atoms with Crippen LogP contribution >= 0.6 is 23.2 Å². The first-order valence-corrected chi connectivity index (χ1v) is 6.08. The second-order valence-corrected chi connectivity index (χ2v) is 4.60. The summed E-state index contributed by atoms with van der Waals surface area (Å²) in [6.07, 6.45) is 3.85. The van der Waals surface area contributed by atoms with Crippen LogP contribution in [0.1, 0.15) is 25.0 Å². The number of aromatic nitrogens is 1. The second-order valence-electron chi connectivity index (χ2n) is 3.93. The van der Waals surface area contributed by atoms with Crippen molar-refractivity contribution >= 4 is 29.0 Å². The van der Waals surface area contributed by atoms with Crippen LogP contribution in [0.2, 0.25) is 5.02 Å². The average molecular weight is 245 g/mol. The van der Waals surface area contributed by atoms with Gasteiger partial charge in [-0.3, -0.25) is 0 Å². The van der Waals surface area contributed by atoms with Crippen LogP contribution in [0, 0.1) is 0 Å². The summed E-state index contributed by atoms with van der Waals surface area (Å²) in [6, 6.07) is 4.47. The van der Waals surface area contributed by atoms with Gasteiger partial charge >= 0.3 is 0 Å². The van der Waals surface area contributed by atoms with Crippen molar-refractivity contribution in [3.8, 4) is 0 Å². The number of hydrogen-bond acceptors (Lipinski definition) is 2. The molecule has 0 spiro atoms. The zero-order valence-electron chi connectivity index (χ0n) is 8.71. The van der Waals surface area contributed by atoms with Crippen LogP contribution in [0.4, 0.5) is 5.82 Å². The third-order valence-electron chi connectivity index (χ3n) is 3.01. The van der Waals surface area contributed by atoms with Crippen molar-refractivity contribution in [1.29, 1.82) is 0 Å². The monoisotopic (exact) mass is 244 g/mol. The van der Waals surface area contributed by atoms with Crippen molar-refractivity contribution in [3.05, 3.63) is 22.8 Å². The lowest BCUT2D eigenvalue weighted by molar-refractivity contribution is 0.399. The Morgan fingerprint density at radius 2 is 2.20 bits per heavy atom. The minimum atomic E-state index is 0.366. The minimum Gasteiger partial charge on any atom is -0.357 e. The van der Waals surface area contributed by atoms with E-state index >= 15 is 0 Å². The van der Waals surface area contributed by atoms with E-state index in [2.05, 4.69) is 16.9 Å². The zero-order chi connectivity index (χ0) is 10.8. The van der Waals surface area contributed by atoms with Crippen LogP contribution < -0.4 is 4.90 Å². The van der Waals surface area contributed by atoms with Gasteiger partial charge in [0, 0.05) is 13.1 Å². The molecule has 1 aromatic rings. The Labute approximate surface area is 100 Å². The Bertz CT molecular complexity index is 350. The third kappa shape index (κ3) is 2.21. The molecule has 1 aliphatic carbocycles. The summed E-state index contributed by atoms with van der Waals surface area (Å²) in [5.41, 5.74) is 0.766. The highest BCUT2D eigenvalue weighted by Crippen LogP contribution is 2.28. The third-order valence-corrected chi connectivity index (χ3v) is 3.61. The molecule has 1 heterocycles. The number of anilines is 1. The molecule has 0 aliphatic heterocycles. The lowest BCUT2D eigenvalue weighted by atomic mass is 9.92. The smallest absolute Gasteiger partial charge is 0.128 e. The molecule has 1 aromatic heterocycles. The molecule has 0 radical (unpaired) electrons. The molecule has 82 valence electrons. The van der Waals surface area contributed by atoms with Gasteiger partial charge in [-0.2, -0.15) is 0 Å². The van der Waals surface area contributed by atoms with Crippen LogP contribution in [-0.4, -0.2) is 18.1 Å². The van der Waals surface area contributed by atoms with Gasteiger partial charge in [-0.15, -0.1) is 11.6 Å². The van der Waals surface area contributed by atoms with Gasteiger partial charge in [0.1, 0.15) is 5.82 Å². The minimum absolute atomic E-state index is 0.366. The maximum Gasteiger partial charge on any atom is 0.128 e. The Hall–Kier alpha value is -0.470. The van der Waals surface area contributed by atoms with Gasteiger partial charge in [-0.25, -0.2) is 4.98 Å². The van der Waals surface area contributed by atoms with Gasteiger partial charge in [0.25, 0.3) is 0 Å². The quantitative estimate of drug-likeness (QED) is 0.758. The molecule has 15 heavy (non-hydrogen) atoms. The van der Waals surface area contributed by atoms with E-state index in [9.17, 15) is 0 Å². The first-order chi connectivity index (χ1) is 7.22. The second kappa shape index (κ2) is 4.58. The molecule has 0 aromatic carbocycles. The summed E-state index contributed by atoms with van der Waals surface area (Å²) in [5, 5.41) is 0.649. The van der Waals surface area contributed by atoms with Crippen molar-refractivity contribution in [3.63, 3.8) is 0 Å². The highest BCUT2D eigenvalue weighted by Gasteiger charge is 2.23. The van der Waals surface area contributed by atoms with E-state index < -0.39 is 0 Å². The molecule has 1 saturated carbocycles. The van der Waals surface area contributed by atoms with Gasteiger partial charge in [0.2, 0.25) is 0 Å². The molecule has 0 atom stereocenters. The van der Waals surface area contributed by atoms with Gasteiger partial charge in [0.05, 0.1) is 16.6 Å². The van der Waals surface area contributed by atoms with Crippen LogP contribution in [0.5, 0.6) is 0 Å². The van der Waals surface area contributed by atoms with E-state index in [1.165, 1.54) is 19.3 Å². The topological polar surface area (TPSA) is 16.1 Å². The summed E-state index contributed by atoms with van der Waals surface area (Å²) in [4.78, 5) is 6.67. The number of nitrogens with zero attached hydrogens (tertiary/aromatic N) is 2. The maximum absolute atomic E-state index is 5.96. The lowest BCUT2D eigenvalue weighted by Gasteiger charge is -2.35. The summed E-state index contributed by atoms with van der Waals surface area (Å²) in [7, 11) is 2.08. The number of pyridine rings is 1. The molecule has 0 bridgehead atoms. The average Bonchev–Trinajstić information content (AvgIpc) is 2.15. The lowest BCUT2D eigenvalue weighted by Crippen LogP contribution is -2.37. The van der Waals surface area contributed by atoms with Crippen LogP contribution in [0.3, 0.4) is 0 Å². The Kier molecular flexibility index (Phi) is 3.37. The molecule has 0 unspecified atom stereocenters. The maximum atomic E-state index is 5.96. The van der Waals surface area contributed by atoms with Gasteiger partial charge in [0.15, 0.2) is 0 Å². The predicted octanol–water partition coefficient (Wildman–Crippen LogP) is 3.46. The van der Waals surface area contributed by atoms with E-state index in [0.29, 0.717) is 16.9 Å². The fourth-order valence-electron chi connectivity index (χ4n) is 1.72. The number of hydrogen-bond donors (Lipinski definition) is 0. The predicted molar refractivity (Wildman–Crippen MR) is 64.8 cm³/mol. The molecular formula is C11H14Cl2N2. The fourth-order valence-corrected chi connectivity index (χ4v) is 2.17. The summed E-state index contributed by atoms with van der Waals surface area (Å²) >= 11 is 11.7. The Balaban J connectivity index is 2.20. The zero-order valence-corrected chi connectivity index (χ0v) is 10.2. The molecule has 2 rings (SSSR count). The van der Waals surface area contributed by atoms with Gasteiger partial charge in [-0.05, 0) is 31.4 Å². The summed E-state index contributed by atoms with van der Waals surface area (Å²) in [5.74, 6) is 1.34. The molecular weight excluding hydrogens is 231 g/mol. The fraction of sp³-hybridized carbons (Fsp3) is 0.545. The molecule has 4 heteroatoms. The SMILES string of the molecule is CN(c1ccc(Cl)c(CCl)n1)C1CCC1. The van der Waals surface area contributed by atoms with E-state index in [4.69, 9.17) is 23.2 Å². The summed E-state index contributed by atoms with van der Waals surface area (Å²) < 4.78 is 0.